The second kappa shape index (κ2) is 8.92. The first-order chi connectivity index (χ1) is 12.0. The van der Waals surface area contributed by atoms with E-state index in [9.17, 15) is 4.79 Å². The lowest BCUT2D eigenvalue weighted by Gasteiger charge is -2.30. The molecule has 2 N–H and O–H groups in total. The standard InChI is InChI=1S/C21H31N3O.ClH/c1-4-17(22)13-19-16(3)24(20-8-6-5-7-18(19)20)14-21(25)23-11-9-15(2)10-12-23;/h5-8,15,17H,4,9-14,22H2,1-3H3;1H. The summed E-state index contributed by atoms with van der Waals surface area (Å²) in [5.74, 6) is 0.974. The van der Waals surface area contributed by atoms with Crippen molar-refractivity contribution in [3.05, 3.63) is 35.5 Å². The van der Waals surface area contributed by atoms with E-state index < -0.39 is 0 Å². The average molecular weight is 378 g/mol. The minimum Gasteiger partial charge on any atom is -0.341 e. The molecule has 0 spiro atoms. The van der Waals surface area contributed by atoms with E-state index in [4.69, 9.17) is 5.73 Å². The fraction of sp³-hybridized carbons (Fsp3) is 0.571. The Kier molecular flexibility index (Phi) is 7.13. The third kappa shape index (κ3) is 4.24. The first-order valence-corrected chi connectivity index (χ1v) is 9.61. The van der Waals surface area contributed by atoms with Gasteiger partial charge < -0.3 is 15.2 Å². The Morgan fingerprint density at radius 1 is 1.27 bits per heavy atom. The first-order valence-electron chi connectivity index (χ1n) is 9.61. The molecule has 0 radical (unpaired) electrons. The molecule has 1 aliphatic rings. The number of fused-ring (bicyclic) bond motifs is 1. The highest BCUT2D eigenvalue weighted by Crippen LogP contribution is 2.27. The summed E-state index contributed by atoms with van der Waals surface area (Å²) >= 11 is 0. The SMILES string of the molecule is CCC(N)Cc1c(C)n(CC(=O)N2CCC(C)CC2)c2ccccc12.Cl. The average Bonchev–Trinajstić information content (AvgIpc) is 2.88. The van der Waals surface area contributed by atoms with Crippen LogP contribution in [-0.2, 0) is 17.8 Å². The lowest BCUT2D eigenvalue weighted by Crippen LogP contribution is -2.39. The maximum absolute atomic E-state index is 12.8. The molecule has 0 saturated carbocycles. The molecule has 1 unspecified atom stereocenters. The molecular formula is C21H32ClN3O. The Morgan fingerprint density at radius 2 is 1.92 bits per heavy atom. The molecule has 1 fully saturated rings. The molecule has 1 aromatic carbocycles. The van der Waals surface area contributed by atoms with Gasteiger partial charge in [0.15, 0.2) is 0 Å². The monoisotopic (exact) mass is 377 g/mol. The van der Waals surface area contributed by atoms with E-state index in [1.807, 2.05) is 4.90 Å². The van der Waals surface area contributed by atoms with Gasteiger partial charge in [-0.3, -0.25) is 4.79 Å². The summed E-state index contributed by atoms with van der Waals surface area (Å²) in [7, 11) is 0. The number of para-hydroxylation sites is 1. The molecule has 2 aromatic rings. The lowest BCUT2D eigenvalue weighted by molar-refractivity contribution is -0.133. The molecule has 1 atom stereocenters. The molecule has 3 rings (SSSR count). The molecule has 1 saturated heterocycles. The highest BCUT2D eigenvalue weighted by molar-refractivity contribution is 5.87. The molecule has 2 heterocycles. The van der Waals surface area contributed by atoms with Crippen LogP contribution < -0.4 is 5.73 Å². The number of hydrogen-bond donors (Lipinski definition) is 1. The number of likely N-dealkylation sites (tertiary alicyclic amines) is 1. The zero-order valence-electron chi connectivity index (χ0n) is 16.2. The van der Waals surface area contributed by atoms with Crippen molar-refractivity contribution in [1.82, 2.24) is 9.47 Å². The van der Waals surface area contributed by atoms with Gasteiger partial charge >= 0.3 is 0 Å². The molecule has 4 nitrogen and oxygen atoms in total. The van der Waals surface area contributed by atoms with Gasteiger partial charge in [-0.15, -0.1) is 12.4 Å². The number of halogens is 1. The molecular weight excluding hydrogens is 346 g/mol. The van der Waals surface area contributed by atoms with E-state index in [1.165, 1.54) is 16.6 Å². The van der Waals surface area contributed by atoms with Gasteiger partial charge in [0.25, 0.3) is 0 Å². The number of benzene rings is 1. The predicted octanol–water partition coefficient (Wildman–Crippen LogP) is 3.91. The van der Waals surface area contributed by atoms with Gasteiger partial charge in [-0.2, -0.15) is 0 Å². The van der Waals surface area contributed by atoms with Crippen LogP contribution >= 0.6 is 12.4 Å². The van der Waals surface area contributed by atoms with Crippen molar-refractivity contribution < 1.29 is 4.79 Å². The second-order valence-corrected chi connectivity index (χ2v) is 7.60. The number of nitrogens with zero attached hydrogens (tertiary/aromatic N) is 2. The number of amides is 1. The highest BCUT2D eigenvalue weighted by Gasteiger charge is 2.23. The lowest BCUT2D eigenvalue weighted by atomic mass is 9.99. The normalized spacial score (nSPS) is 16.5. The minimum absolute atomic E-state index is 0. The molecule has 5 heteroatoms. The zero-order valence-corrected chi connectivity index (χ0v) is 17.0. The Hall–Kier alpha value is -1.52. The second-order valence-electron chi connectivity index (χ2n) is 7.60. The van der Waals surface area contributed by atoms with E-state index in [0.29, 0.717) is 6.54 Å². The predicted molar refractivity (Wildman–Crippen MR) is 111 cm³/mol. The molecule has 144 valence electrons. The van der Waals surface area contributed by atoms with Crippen molar-refractivity contribution in [2.24, 2.45) is 11.7 Å². The number of carbonyl (C=O) groups excluding carboxylic acids is 1. The summed E-state index contributed by atoms with van der Waals surface area (Å²) in [4.78, 5) is 14.9. The van der Waals surface area contributed by atoms with Crippen LogP contribution in [0.4, 0.5) is 0 Å². The van der Waals surface area contributed by atoms with E-state index >= 15 is 0 Å². The van der Waals surface area contributed by atoms with Gasteiger partial charge in [-0.05, 0) is 50.2 Å². The third-order valence-electron chi connectivity index (χ3n) is 5.78. The van der Waals surface area contributed by atoms with Gasteiger partial charge in [0, 0.05) is 35.7 Å². The van der Waals surface area contributed by atoms with Crippen LogP contribution in [0.15, 0.2) is 24.3 Å². The van der Waals surface area contributed by atoms with Crippen LogP contribution in [0.25, 0.3) is 10.9 Å². The van der Waals surface area contributed by atoms with Crippen molar-refractivity contribution in [3.63, 3.8) is 0 Å². The van der Waals surface area contributed by atoms with Crippen molar-refractivity contribution in [2.45, 2.75) is 59.0 Å². The van der Waals surface area contributed by atoms with Gasteiger partial charge in [-0.25, -0.2) is 0 Å². The number of hydrogen-bond acceptors (Lipinski definition) is 2. The maximum atomic E-state index is 12.8. The van der Waals surface area contributed by atoms with Crippen LogP contribution in [-0.4, -0.2) is 34.5 Å². The summed E-state index contributed by atoms with van der Waals surface area (Å²) in [6, 6.07) is 8.56. The first kappa shape index (κ1) is 20.8. The molecule has 26 heavy (non-hydrogen) atoms. The van der Waals surface area contributed by atoms with E-state index in [1.54, 1.807) is 0 Å². The van der Waals surface area contributed by atoms with Gasteiger partial charge in [0.1, 0.15) is 6.54 Å². The Morgan fingerprint density at radius 3 is 2.58 bits per heavy atom. The number of carbonyl (C=O) groups is 1. The topological polar surface area (TPSA) is 51.3 Å². The Bertz CT molecular complexity index is 747. The van der Waals surface area contributed by atoms with Gasteiger partial charge in [0.05, 0.1) is 0 Å². The van der Waals surface area contributed by atoms with Crippen molar-refractivity contribution in [3.8, 4) is 0 Å². The number of piperidine rings is 1. The van der Waals surface area contributed by atoms with Crippen LogP contribution in [0.1, 0.15) is 44.4 Å². The van der Waals surface area contributed by atoms with E-state index in [2.05, 4.69) is 49.6 Å². The van der Waals surface area contributed by atoms with E-state index in [0.717, 1.165) is 50.2 Å². The highest BCUT2D eigenvalue weighted by atomic mass is 35.5. The molecule has 1 aromatic heterocycles. The minimum atomic E-state index is 0. The summed E-state index contributed by atoms with van der Waals surface area (Å²) < 4.78 is 2.19. The summed E-state index contributed by atoms with van der Waals surface area (Å²) in [6.45, 7) is 8.75. The van der Waals surface area contributed by atoms with Crippen LogP contribution in [0.2, 0.25) is 0 Å². The summed E-state index contributed by atoms with van der Waals surface area (Å²) in [5.41, 5.74) is 9.85. The Labute approximate surface area is 163 Å². The molecule has 0 bridgehead atoms. The smallest absolute Gasteiger partial charge is 0.242 e. The quantitative estimate of drug-likeness (QED) is 0.858. The molecule has 1 aliphatic heterocycles. The van der Waals surface area contributed by atoms with Crippen molar-refractivity contribution >= 4 is 29.2 Å². The maximum Gasteiger partial charge on any atom is 0.242 e. The largest absolute Gasteiger partial charge is 0.341 e. The number of rotatable bonds is 5. The third-order valence-corrected chi connectivity index (χ3v) is 5.78. The Balaban J connectivity index is 0.00000243. The van der Waals surface area contributed by atoms with Gasteiger partial charge in [0.2, 0.25) is 5.91 Å². The van der Waals surface area contributed by atoms with Crippen LogP contribution in [0.3, 0.4) is 0 Å². The summed E-state index contributed by atoms with van der Waals surface area (Å²) in [6.07, 6.45) is 4.07. The molecule has 1 amide bonds. The van der Waals surface area contributed by atoms with Gasteiger partial charge in [-0.1, -0.05) is 32.0 Å². The molecule has 0 aliphatic carbocycles. The fourth-order valence-corrected chi connectivity index (χ4v) is 3.86. The van der Waals surface area contributed by atoms with Crippen LogP contribution in [0, 0.1) is 12.8 Å². The number of nitrogens with two attached hydrogens (primary N) is 1. The van der Waals surface area contributed by atoms with E-state index in [-0.39, 0.29) is 24.4 Å². The number of aromatic nitrogens is 1. The zero-order chi connectivity index (χ0) is 18.0. The summed E-state index contributed by atoms with van der Waals surface area (Å²) in [5, 5.41) is 1.24. The van der Waals surface area contributed by atoms with Crippen molar-refractivity contribution in [2.75, 3.05) is 13.1 Å². The van der Waals surface area contributed by atoms with Crippen LogP contribution in [0.5, 0.6) is 0 Å². The van der Waals surface area contributed by atoms with Crippen molar-refractivity contribution in [1.29, 1.82) is 0 Å². The fourth-order valence-electron chi connectivity index (χ4n) is 3.86.